The SMILES string of the molecule is Cc1ccc(Cc2ccccc2)c(CC2CCCCC2)c1. The van der Waals surface area contributed by atoms with Gasteiger partial charge in [-0.05, 0) is 42.4 Å². The number of hydrogen-bond acceptors (Lipinski definition) is 0. The molecule has 110 valence electrons. The van der Waals surface area contributed by atoms with Crippen LogP contribution in [0.4, 0.5) is 0 Å². The molecule has 3 rings (SSSR count). The van der Waals surface area contributed by atoms with Crippen molar-refractivity contribution < 1.29 is 0 Å². The van der Waals surface area contributed by atoms with E-state index in [0.29, 0.717) is 0 Å². The van der Waals surface area contributed by atoms with Gasteiger partial charge in [-0.15, -0.1) is 0 Å². The quantitative estimate of drug-likeness (QED) is 0.672. The summed E-state index contributed by atoms with van der Waals surface area (Å²) in [6.07, 6.45) is 9.53. The number of hydrogen-bond donors (Lipinski definition) is 0. The molecule has 21 heavy (non-hydrogen) atoms. The third kappa shape index (κ3) is 3.97. The highest BCUT2D eigenvalue weighted by atomic mass is 14.2. The molecule has 0 spiro atoms. The van der Waals surface area contributed by atoms with Gasteiger partial charge in [0.25, 0.3) is 0 Å². The molecule has 1 fully saturated rings. The number of rotatable bonds is 4. The van der Waals surface area contributed by atoms with E-state index in [9.17, 15) is 0 Å². The molecular weight excluding hydrogens is 252 g/mol. The first-order valence-electron chi connectivity index (χ1n) is 8.43. The van der Waals surface area contributed by atoms with E-state index < -0.39 is 0 Å². The second kappa shape index (κ2) is 6.93. The number of aryl methyl sites for hydroxylation is 1. The first-order chi connectivity index (χ1) is 10.3. The molecule has 2 aromatic rings. The Bertz CT molecular complexity index is 562. The summed E-state index contributed by atoms with van der Waals surface area (Å²) in [5, 5.41) is 0. The minimum absolute atomic E-state index is 0.912. The molecule has 0 saturated heterocycles. The fourth-order valence-corrected chi connectivity index (χ4v) is 3.64. The Morgan fingerprint density at radius 2 is 1.62 bits per heavy atom. The normalized spacial score (nSPS) is 16.0. The number of benzene rings is 2. The van der Waals surface area contributed by atoms with Crippen LogP contribution in [0.5, 0.6) is 0 Å². The fourth-order valence-electron chi connectivity index (χ4n) is 3.64. The summed E-state index contributed by atoms with van der Waals surface area (Å²) in [6.45, 7) is 2.22. The molecule has 1 aliphatic rings. The second-order valence-electron chi connectivity index (χ2n) is 6.64. The van der Waals surface area contributed by atoms with Crippen LogP contribution in [0.3, 0.4) is 0 Å². The summed E-state index contributed by atoms with van der Waals surface area (Å²) >= 11 is 0. The lowest BCUT2D eigenvalue weighted by molar-refractivity contribution is 0.356. The Morgan fingerprint density at radius 1 is 0.857 bits per heavy atom. The van der Waals surface area contributed by atoms with Crippen LogP contribution in [0.25, 0.3) is 0 Å². The average molecular weight is 278 g/mol. The summed E-state index contributed by atoms with van der Waals surface area (Å²) in [4.78, 5) is 0. The molecule has 1 saturated carbocycles. The van der Waals surface area contributed by atoms with E-state index in [0.717, 1.165) is 12.3 Å². The van der Waals surface area contributed by atoms with E-state index >= 15 is 0 Å². The molecule has 0 bridgehead atoms. The molecule has 0 radical (unpaired) electrons. The van der Waals surface area contributed by atoms with Gasteiger partial charge in [-0.1, -0.05) is 86.2 Å². The van der Waals surface area contributed by atoms with Crippen LogP contribution >= 0.6 is 0 Å². The van der Waals surface area contributed by atoms with Crippen molar-refractivity contribution in [2.24, 2.45) is 5.92 Å². The molecule has 0 aromatic heterocycles. The summed E-state index contributed by atoms with van der Waals surface area (Å²) in [5.74, 6) is 0.912. The van der Waals surface area contributed by atoms with Crippen LogP contribution in [-0.2, 0) is 12.8 Å². The highest BCUT2D eigenvalue weighted by Gasteiger charge is 2.15. The van der Waals surface area contributed by atoms with Crippen molar-refractivity contribution in [2.45, 2.75) is 51.9 Å². The van der Waals surface area contributed by atoms with Crippen molar-refractivity contribution in [2.75, 3.05) is 0 Å². The molecule has 0 amide bonds. The van der Waals surface area contributed by atoms with Gasteiger partial charge in [-0.25, -0.2) is 0 Å². The summed E-state index contributed by atoms with van der Waals surface area (Å²) in [7, 11) is 0. The summed E-state index contributed by atoms with van der Waals surface area (Å²) in [6, 6.07) is 17.9. The monoisotopic (exact) mass is 278 g/mol. The highest BCUT2D eigenvalue weighted by Crippen LogP contribution is 2.29. The van der Waals surface area contributed by atoms with Crippen molar-refractivity contribution in [3.8, 4) is 0 Å². The summed E-state index contributed by atoms with van der Waals surface area (Å²) in [5.41, 5.74) is 5.94. The highest BCUT2D eigenvalue weighted by molar-refractivity contribution is 5.36. The van der Waals surface area contributed by atoms with Gasteiger partial charge < -0.3 is 0 Å². The van der Waals surface area contributed by atoms with E-state index in [1.54, 1.807) is 5.56 Å². The van der Waals surface area contributed by atoms with Gasteiger partial charge in [0.05, 0.1) is 0 Å². The minimum atomic E-state index is 0.912. The second-order valence-corrected chi connectivity index (χ2v) is 6.64. The molecular formula is C21H26. The average Bonchev–Trinajstić information content (AvgIpc) is 2.52. The standard InChI is InChI=1S/C21H26/c1-17-12-13-20(15-18-8-4-2-5-9-18)21(14-17)16-19-10-6-3-7-11-19/h2,4-5,8-9,12-14,19H,3,6-7,10-11,15-16H2,1H3. The molecule has 0 unspecified atom stereocenters. The van der Waals surface area contributed by atoms with Gasteiger partial charge in [-0.2, -0.15) is 0 Å². The van der Waals surface area contributed by atoms with Crippen molar-refractivity contribution in [3.05, 3.63) is 70.8 Å². The Balaban J connectivity index is 1.79. The van der Waals surface area contributed by atoms with Crippen molar-refractivity contribution in [1.82, 2.24) is 0 Å². The minimum Gasteiger partial charge on any atom is -0.0622 e. The molecule has 2 aromatic carbocycles. The largest absolute Gasteiger partial charge is 0.0622 e. The third-order valence-corrected chi connectivity index (χ3v) is 4.83. The van der Waals surface area contributed by atoms with Gasteiger partial charge in [0.2, 0.25) is 0 Å². The zero-order chi connectivity index (χ0) is 14.5. The Hall–Kier alpha value is -1.56. The van der Waals surface area contributed by atoms with Crippen molar-refractivity contribution in [1.29, 1.82) is 0 Å². The topological polar surface area (TPSA) is 0 Å². The molecule has 0 heterocycles. The maximum absolute atomic E-state index is 2.42. The van der Waals surface area contributed by atoms with Crippen LogP contribution in [-0.4, -0.2) is 0 Å². The van der Waals surface area contributed by atoms with E-state index in [1.807, 2.05) is 0 Å². The van der Waals surface area contributed by atoms with Crippen LogP contribution in [0, 0.1) is 12.8 Å². The molecule has 0 aliphatic heterocycles. The predicted molar refractivity (Wildman–Crippen MR) is 90.7 cm³/mol. The lowest BCUT2D eigenvalue weighted by Gasteiger charge is -2.23. The lowest BCUT2D eigenvalue weighted by atomic mass is 9.83. The van der Waals surface area contributed by atoms with Crippen LogP contribution in [0.1, 0.15) is 54.4 Å². The molecule has 0 atom stereocenters. The van der Waals surface area contributed by atoms with Crippen LogP contribution in [0.15, 0.2) is 48.5 Å². The van der Waals surface area contributed by atoms with Crippen LogP contribution in [0.2, 0.25) is 0 Å². The first-order valence-corrected chi connectivity index (χ1v) is 8.43. The van der Waals surface area contributed by atoms with E-state index in [4.69, 9.17) is 0 Å². The molecule has 0 N–H and O–H groups in total. The van der Waals surface area contributed by atoms with Gasteiger partial charge >= 0.3 is 0 Å². The maximum Gasteiger partial charge on any atom is -0.00230 e. The zero-order valence-electron chi connectivity index (χ0n) is 13.1. The Morgan fingerprint density at radius 3 is 2.38 bits per heavy atom. The van der Waals surface area contributed by atoms with Gasteiger partial charge in [-0.3, -0.25) is 0 Å². The molecule has 0 nitrogen and oxygen atoms in total. The maximum atomic E-state index is 2.42. The third-order valence-electron chi connectivity index (χ3n) is 4.83. The van der Waals surface area contributed by atoms with Gasteiger partial charge in [0, 0.05) is 0 Å². The van der Waals surface area contributed by atoms with E-state index in [2.05, 4.69) is 55.5 Å². The fraction of sp³-hybridized carbons (Fsp3) is 0.429. The van der Waals surface area contributed by atoms with Crippen molar-refractivity contribution in [3.63, 3.8) is 0 Å². The zero-order valence-corrected chi connectivity index (χ0v) is 13.1. The first kappa shape index (κ1) is 14.4. The van der Waals surface area contributed by atoms with Crippen molar-refractivity contribution >= 4 is 0 Å². The Kier molecular flexibility index (Phi) is 4.75. The summed E-state index contributed by atoms with van der Waals surface area (Å²) < 4.78 is 0. The predicted octanol–water partition coefficient (Wildman–Crippen LogP) is 5.71. The van der Waals surface area contributed by atoms with Crippen LogP contribution < -0.4 is 0 Å². The molecule has 0 heteroatoms. The lowest BCUT2D eigenvalue weighted by Crippen LogP contribution is -2.11. The van der Waals surface area contributed by atoms with E-state index in [-0.39, 0.29) is 0 Å². The Labute approximate surface area is 129 Å². The van der Waals surface area contributed by atoms with E-state index in [1.165, 1.54) is 55.2 Å². The van der Waals surface area contributed by atoms with Gasteiger partial charge in [0.15, 0.2) is 0 Å². The molecule has 1 aliphatic carbocycles. The van der Waals surface area contributed by atoms with Gasteiger partial charge in [0.1, 0.15) is 0 Å². The smallest absolute Gasteiger partial charge is 0.00230 e.